The van der Waals surface area contributed by atoms with Crippen LogP contribution >= 0.6 is 0 Å². The van der Waals surface area contributed by atoms with Crippen LogP contribution < -0.4 is 4.90 Å². The summed E-state index contributed by atoms with van der Waals surface area (Å²) in [6.07, 6.45) is 7.17. The number of benzene rings is 1. The quantitative estimate of drug-likeness (QED) is 0.782. The standard InChI is InChI=1S/C17H24N2/c1-2-15-9-11-17(12-10-15)19(14-6-13-18)16-7-4-3-5-8-16/h3-5,7-8,15,17H,2,6,9-12,14H2,1H3. The molecule has 2 nitrogen and oxygen atoms in total. The predicted octanol–water partition coefficient (Wildman–Crippen LogP) is 4.38. The molecule has 2 rings (SSSR count). The van der Waals surface area contributed by atoms with E-state index < -0.39 is 0 Å². The number of hydrogen-bond donors (Lipinski definition) is 0. The van der Waals surface area contributed by atoms with Crippen molar-refractivity contribution in [3.8, 4) is 6.07 Å². The Labute approximate surface area is 117 Å². The third kappa shape index (κ3) is 3.73. The molecule has 2 heteroatoms. The summed E-state index contributed by atoms with van der Waals surface area (Å²) in [7, 11) is 0. The molecular formula is C17H24N2. The SMILES string of the molecule is CCC1CCC(N(CCC#N)c2ccccc2)CC1. The number of para-hydroxylation sites is 1. The lowest BCUT2D eigenvalue weighted by atomic mass is 9.83. The molecule has 0 bridgehead atoms. The zero-order valence-electron chi connectivity index (χ0n) is 11.9. The minimum Gasteiger partial charge on any atom is -0.368 e. The van der Waals surface area contributed by atoms with Crippen LogP contribution in [0.15, 0.2) is 30.3 Å². The zero-order chi connectivity index (χ0) is 13.5. The van der Waals surface area contributed by atoms with Crippen molar-refractivity contribution in [2.75, 3.05) is 11.4 Å². The Balaban J connectivity index is 2.04. The Bertz CT molecular complexity index is 399. The van der Waals surface area contributed by atoms with Crippen LogP contribution in [0.4, 0.5) is 5.69 Å². The average Bonchev–Trinajstić information content (AvgIpc) is 2.49. The second-order valence-electron chi connectivity index (χ2n) is 5.52. The Morgan fingerprint density at radius 1 is 1.16 bits per heavy atom. The molecule has 1 aromatic rings. The molecule has 0 unspecified atom stereocenters. The summed E-state index contributed by atoms with van der Waals surface area (Å²) in [6, 6.07) is 13.5. The Hall–Kier alpha value is -1.49. The summed E-state index contributed by atoms with van der Waals surface area (Å²) in [5, 5.41) is 8.86. The molecule has 102 valence electrons. The average molecular weight is 256 g/mol. The first kappa shape index (κ1) is 13.9. The summed E-state index contributed by atoms with van der Waals surface area (Å²) in [5.41, 5.74) is 1.28. The van der Waals surface area contributed by atoms with E-state index in [1.54, 1.807) is 0 Å². The van der Waals surface area contributed by atoms with Gasteiger partial charge in [-0.15, -0.1) is 0 Å². The fraction of sp³-hybridized carbons (Fsp3) is 0.588. The highest BCUT2D eigenvalue weighted by atomic mass is 15.2. The minimum absolute atomic E-state index is 0.614. The maximum Gasteiger partial charge on any atom is 0.0640 e. The van der Waals surface area contributed by atoms with Crippen molar-refractivity contribution in [2.45, 2.75) is 51.5 Å². The van der Waals surface area contributed by atoms with Crippen LogP contribution in [0, 0.1) is 17.2 Å². The number of rotatable bonds is 5. The molecule has 0 saturated heterocycles. The fourth-order valence-corrected chi connectivity index (χ4v) is 3.18. The second kappa shape index (κ2) is 7.19. The van der Waals surface area contributed by atoms with E-state index in [-0.39, 0.29) is 0 Å². The van der Waals surface area contributed by atoms with Gasteiger partial charge in [-0.05, 0) is 43.7 Å². The zero-order valence-corrected chi connectivity index (χ0v) is 11.9. The number of nitrogens with zero attached hydrogens (tertiary/aromatic N) is 2. The lowest BCUT2D eigenvalue weighted by Gasteiger charge is -2.38. The van der Waals surface area contributed by atoms with Gasteiger partial charge in [-0.1, -0.05) is 31.5 Å². The number of anilines is 1. The van der Waals surface area contributed by atoms with Crippen molar-refractivity contribution in [3.63, 3.8) is 0 Å². The molecule has 1 aromatic carbocycles. The molecule has 0 radical (unpaired) electrons. The summed E-state index contributed by atoms with van der Waals surface area (Å²) >= 11 is 0. The van der Waals surface area contributed by atoms with Gasteiger partial charge in [-0.2, -0.15) is 5.26 Å². The maximum absolute atomic E-state index is 8.86. The molecule has 0 amide bonds. The number of nitriles is 1. The van der Waals surface area contributed by atoms with Gasteiger partial charge in [0.1, 0.15) is 0 Å². The van der Waals surface area contributed by atoms with Crippen LogP contribution in [0.3, 0.4) is 0 Å². The van der Waals surface area contributed by atoms with E-state index in [0.29, 0.717) is 12.5 Å². The summed E-state index contributed by atoms with van der Waals surface area (Å²) in [4.78, 5) is 2.45. The molecule has 1 saturated carbocycles. The van der Waals surface area contributed by atoms with Crippen LogP contribution in [0.2, 0.25) is 0 Å². The molecule has 0 atom stereocenters. The van der Waals surface area contributed by atoms with Crippen molar-refractivity contribution < 1.29 is 0 Å². The van der Waals surface area contributed by atoms with E-state index >= 15 is 0 Å². The Morgan fingerprint density at radius 3 is 2.42 bits per heavy atom. The van der Waals surface area contributed by atoms with Gasteiger partial charge >= 0.3 is 0 Å². The van der Waals surface area contributed by atoms with Crippen LogP contribution in [0.5, 0.6) is 0 Å². The first-order valence-corrected chi connectivity index (χ1v) is 7.53. The van der Waals surface area contributed by atoms with Gasteiger partial charge in [0.2, 0.25) is 0 Å². The largest absolute Gasteiger partial charge is 0.368 e. The van der Waals surface area contributed by atoms with E-state index in [1.807, 2.05) is 0 Å². The van der Waals surface area contributed by atoms with Gasteiger partial charge in [0.25, 0.3) is 0 Å². The summed E-state index contributed by atoms with van der Waals surface area (Å²) in [6.45, 7) is 3.16. The van der Waals surface area contributed by atoms with E-state index in [1.165, 1.54) is 37.8 Å². The molecular weight excluding hydrogens is 232 g/mol. The predicted molar refractivity (Wildman–Crippen MR) is 80.1 cm³/mol. The third-order valence-corrected chi connectivity index (χ3v) is 4.39. The van der Waals surface area contributed by atoms with Crippen LogP contribution in [-0.4, -0.2) is 12.6 Å². The first-order chi connectivity index (χ1) is 9.35. The third-order valence-electron chi connectivity index (χ3n) is 4.39. The Morgan fingerprint density at radius 2 is 1.84 bits per heavy atom. The molecule has 1 fully saturated rings. The van der Waals surface area contributed by atoms with Crippen LogP contribution in [0.25, 0.3) is 0 Å². The highest BCUT2D eigenvalue weighted by Crippen LogP contribution is 2.31. The fourth-order valence-electron chi connectivity index (χ4n) is 3.18. The highest BCUT2D eigenvalue weighted by Gasteiger charge is 2.25. The second-order valence-corrected chi connectivity index (χ2v) is 5.52. The smallest absolute Gasteiger partial charge is 0.0640 e. The molecule has 19 heavy (non-hydrogen) atoms. The van der Waals surface area contributed by atoms with Gasteiger partial charge < -0.3 is 4.90 Å². The Kier molecular flexibility index (Phi) is 5.27. The van der Waals surface area contributed by atoms with Crippen LogP contribution in [-0.2, 0) is 0 Å². The molecule has 0 N–H and O–H groups in total. The van der Waals surface area contributed by atoms with E-state index in [4.69, 9.17) is 5.26 Å². The maximum atomic E-state index is 8.86. The minimum atomic E-state index is 0.614. The summed E-state index contributed by atoms with van der Waals surface area (Å²) < 4.78 is 0. The van der Waals surface area contributed by atoms with Crippen molar-refractivity contribution in [2.24, 2.45) is 5.92 Å². The van der Waals surface area contributed by atoms with Gasteiger partial charge in [0.05, 0.1) is 12.5 Å². The lowest BCUT2D eigenvalue weighted by Crippen LogP contribution is -2.38. The van der Waals surface area contributed by atoms with Crippen LogP contribution in [0.1, 0.15) is 45.4 Å². The molecule has 1 aliphatic carbocycles. The van der Waals surface area contributed by atoms with Crippen molar-refractivity contribution in [1.82, 2.24) is 0 Å². The molecule has 0 aromatic heterocycles. The van der Waals surface area contributed by atoms with E-state index in [2.05, 4.69) is 48.2 Å². The topological polar surface area (TPSA) is 27.0 Å². The van der Waals surface area contributed by atoms with E-state index in [0.717, 1.165) is 12.5 Å². The lowest BCUT2D eigenvalue weighted by molar-refractivity contribution is 0.308. The molecule has 0 heterocycles. The van der Waals surface area contributed by atoms with Crippen molar-refractivity contribution in [1.29, 1.82) is 5.26 Å². The molecule has 0 spiro atoms. The summed E-state index contributed by atoms with van der Waals surface area (Å²) in [5.74, 6) is 0.921. The molecule has 1 aliphatic rings. The van der Waals surface area contributed by atoms with Gasteiger partial charge in [-0.25, -0.2) is 0 Å². The molecule has 0 aliphatic heterocycles. The van der Waals surface area contributed by atoms with E-state index in [9.17, 15) is 0 Å². The van der Waals surface area contributed by atoms with Crippen molar-refractivity contribution >= 4 is 5.69 Å². The van der Waals surface area contributed by atoms with Crippen molar-refractivity contribution in [3.05, 3.63) is 30.3 Å². The highest BCUT2D eigenvalue weighted by molar-refractivity contribution is 5.47. The monoisotopic (exact) mass is 256 g/mol. The normalized spacial score (nSPS) is 22.7. The van der Waals surface area contributed by atoms with Gasteiger partial charge in [0.15, 0.2) is 0 Å². The number of hydrogen-bond acceptors (Lipinski definition) is 2. The van der Waals surface area contributed by atoms with Gasteiger partial charge in [0, 0.05) is 18.3 Å². The van der Waals surface area contributed by atoms with Gasteiger partial charge in [-0.3, -0.25) is 0 Å². The first-order valence-electron chi connectivity index (χ1n) is 7.53.